The topological polar surface area (TPSA) is 55.8 Å². The molecule has 0 unspecified atom stereocenters. The predicted molar refractivity (Wildman–Crippen MR) is 22.3 cm³/mol. The number of halogens is 1. The van der Waals surface area contributed by atoms with Gasteiger partial charge >= 0.3 is 9.17 Å². The first-order valence-corrected chi connectivity index (χ1v) is 2.17. The van der Waals surface area contributed by atoms with E-state index >= 15 is 0 Å². The molecular weight excluding hydrogens is 138 g/mol. The van der Waals surface area contributed by atoms with E-state index in [1.54, 1.807) is 0 Å². The highest BCUT2D eigenvalue weighted by atomic mass is 28.3. The Kier molecular flexibility index (Phi) is 8.72. The quantitative estimate of drug-likeness (QED) is 0.293. The van der Waals surface area contributed by atoms with Crippen molar-refractivity contribution in [2.45, 2.75) is 0 Å². The summed E-state index contributed by atoms with van der Waals surface area (Å²) in [6.45, 7) is 0. The molecule has 0 heterocycles. The van der Waals surface area contributed by atoms with Crippen LogP contribution in [0.4, 0.5) is 4.53 Å². The second-order valence-electron chi connectivity index (χ2n) is 0.418. The Morgan fingerprint density at radius 2 is 2.14 bits per heavy atom. The Morgan fingerprint density at radius 3 is 2.14 bits per heavy atom. The first-order valence-electron chi connectivity index (χ1n) is 0.949. The molecule has 0 aliphatic heterocycles. The summed E-state index contributed by atoms with van der Waals surface area (Å²) in [6, 6.07) is 0. The van der Waals surface area contributed by atoms with Gasteiger partial charge in [-0.25, -0.2) is 5.26 Å². The normalized spacial score (nSPS) is 6.00. The number of hydrogen-bond acceptors (Lipinski definition) is 4. The third-order valence-electron chi connectivity index (χ3n) is 0.138. The van der Waals surface area contributed by atoms with Gasteiger partial charge < -0.3 is 4.58 Å². The van der Waals surface area contributed by atoms with Crippen LogP contribution >= 0.6 is 0 Å². The van der Waals surface area contributed by atoms with Crippen molar-refractivity contribution >= 4 is 26.5 Å². The molecule has 0 aliphatic rings. The zero-order valence-corrected chi connectivity index (χ0v) is 3.55. The minimum Gasteiger partial charge on any atom is -0.329 e. The van der Waals surface area contributed by atoms with Crippen LogP contribution in [0.2, 0.25) is 0 Å². The van der Waals surface area contributed by atoms with Crippen LogP contribution < -0.4 is 0 Å². The molecule has 0 saturated heterocycles. The van der Waals surface area contributed by atoms with Crippen molar-refractivity contribution in [2.75, 3.05) is 0 Å². The van der Waals surface area contributed by atoms with E-state index < -0.39 is 9.17 Å². The van der Waals surface area contributed by atoms with Gasteiger partial charge in [-0.3, -0.25) is 9.09 Å². The van der Waals surface area contributed by atoms with E-state index in [1.165, 1.54) is 0 Å². The maximum absolute atomic E-state index is 10.3. The van der Waals surface area contributed by atoms with Gasteiger partial charge in [-0.1, -0.05) is 0 Å². The lowest BCUT2D eigenvalue weighted by atomic mass is 15.0. The molecule has 0 aromatic rings. The largest absolute Gasteiger partial charge is 0.839 e. The molecule has 0 spiro atoms. The van der Waals surface area contributed by atoms with E-state index in [0.29, 0.717) is 0 Å². The van der Waals surface area contributed by atoms with Crippen LogP contribution in [0, 0.1) is 0 Å². The van der Waals surface area contributed by atoms with Gasteiger partial charge in [0.05, 0.1) is 0 Å². The van der Waals surface area contributed by atoms with Gasteiger partial charge in [0.1, 0.15) is 0 Å². The summed E-state index contributed by atoms with van der Waals surface area (Å²) >= 11 is 0. The second kappa shape index (κ2) is 6.04. The van der Waals surface area contributed by atoms with E-state index in [4.69, 9.17) is 5.26 Å². The first-order chi connectivity index (χ1) is 2.81. The Balaban J connectivity index is 0. The van der Waals surface area contributed by atoms with Gasteiger partial charge in [0, 0.05) is 4.53 Å². The molecule has 0 radical (unpaired) electrons. The highest BCUT2D eigenvalue weighted by Crippen LogP contribution is 1.70. The summed E-state index contributed by atoms with van der Waals surface area (Å²) in [7, 11) is -3.23. The van der Waals surface area contributed by atoms with Crippen LogP contribution in [0.5, 0.6) is 0 Å². The molecule has 7 heavy (non-hydrogen) atoms. The van der Waals surface area contributed by atoms with Crippen molar-refractivity contribution in [2.24, 2.45) is 0 Å². The van der Waals surface area contributed by atoms with Gasteiger partial charge in [0.25, 0.3) is 0 Å². The van der Waals surface area contributed by atoms with Crippen LogP contribution in [0.1, 0.15) is 0 Å². The fourth-order valence-corrected chi connectivity index (χ4v) is 0.0423. The zero-order chi connectivity index (χ0) is 4.99. The van der Waals surface area contributed by atoms with E-state index in [-0.39, 0.29) is 17.4 Å². The smallest absolute Gasteiger partial charge is 0.329 e. The molecule has 4 nitrogen and oxygen atoms in total. The van der Waals surface area contributed by atoms with Gasteiger partial charge in [-0.05, 0) is 0 Å². The fraction of sp³-hybridized carbons (Fsp3) is 0. The van der Waals surface area contributed by atoms with Crippen molar-refractivity contribution in [1.82, 2.24) is 0 Å². The molecule has 0 aromatic heterocycles. The Bertz CT molecular complexity index is 49.7. The molecule has 0 saturated carbocycles. The van der Waals surface area contributed by atoms with E-state index in [2.05, 4.69) is 9.21 Å². The van der Waals surface area contributed by atoms with Crippen LogP contribution in [0.3, 0.4) is 0 Å². The van der Waals surface area contributed by atoms with Gasteiger partial charge in [-0.2, -0.15) is 0 Å². The maximum atomic E-state index is 10.3. The molecule has 0 rings (SSSR count). The zero-order valence-electron chi connectivity index (χ0n) is 2.55. The van der Waals surface area contributed by atoms with Crippen LogP contribution in [0.15, 0.2) is 0 Å². The van der Waals surface area contributed by atoms with Crippen molar-refractivity contribution in [3.63, 3.8) is 0 Å². The van der Waals surface area contributed by atoms with Crippen molar-refractivity contribution in [3.05, 3.63) is 0 Å². The lowest BCUT2D eigenvalue weighted by Gasteiger charge is -1.78. The number of rotatable bonds is 2. The van der Waals surface area contributed by atoms with E-state index in [0.717, 1.165) is 0 Å². The van der Waals surface area contributed by atoms with Crippen LogP contribution in [0.25, 0.3) is 0 Å². The Morgan fingerprint density at radius 1 is 1.71 bits per heavy atom. The molecule has 0 aromatic carbocycles. The summed E-state index contributed by atoms with van der Waals surface area (Å²) in [4.78, 5) is 0. The van der Waals surface area contributed by atoms with E-state index in [1.807, 2.05) is 0 Å². The van der Waals surface area contributed by atoms with Gasteiger partial charge in [0.2, 0.25) is 0 Å². The summed E-state index contributed by atoms with van der Waals surface area (Å²) in [6.07, 6.45) is 0. The Hall–Kier alpha value is 0.0394. The standard InChI is InChI=1S/Al.FHO4Si.3H/c;1-4-6(3)5-2;;;/h;2H;;;. The third-order valence-corrected chi connectivity index (χ3v) is 0.413. The third kappa shape index (κ3) is 6.04. The molecule has 0 atom stereocenters. The van der Waals surface area contributed by atoms with Crippen LogP contribution in [-0.4, -0.2) is 31.8 Å². The van der Waals surface area contributed by atoms with Crippen molar-refractivity contribution < 1.29 is 23.5 Å². The molecular formula is H4AlFO4Si. The molecule has 42 valence electrons. The average molecular weight is 142 g/mol. The SMILES string of the molecule is O=[Si](OO)OF.[AlH3]. The summed E-state index contributed by atoms with van der Waals surface area (Å²) < 4.78 is 25.0. The van der Waals surface area contributed by atoms with Crippen molar-refractivity contribution in [1.29, 1.82) is 0 Å². The predicted octanol–water partition coefficient (Wildman–Crippen LogP) is -1.39. The lowest BCUT2D eigenvalue weighted by Crippen LogP contribution is -2.02. The lowest BCUT2D eigenvalue weighted by molar-refractivity contribution is -0.192. The molecule has 0 bridgehead atoms. The monoisotopic (exact) mass is 142 g/mol. The molecule has 0 aliphatic carbocycles. The molecule has 0 amide bonds. The summed E-state index contributed by atoms with van der Waals surface area (Å²) in [5.74, 6) is 0. The summed E-state index contributed by atoms with van der Waals surface area (Å²) in [5.41, 5.74) is 0. The van der Waals surface area contributed by atoms with Crippen LogP contribution in [-0.2, 0) is 13.7 Å². The van der Waals surface area contributed by atoms with Crippen molar-refractivity contribution in [3.8, 4) is 0 Å². The molecule has 7 heteroatoms. The molecule has 1 N–H and O–H groups in total. The minimum absolute atomic E-state index is 0. The second-order valence-corrected chi connectivity index (χ2v) is 1.26. The van der Waals surface area contributed by atoms with Gasteiger partial charge in [-0.15, -0.1) is 0 Å². The fourth-order valence-electron chi connectivity index (χ4n) is 0.0141. The van der Waals surface area contributed by atoms with E-state index in [9.17, 15) is 8.99 Å². The number of hydrogen-bond donors (Lipinski definition) is 1. The highest BCUT2D eigenvalue weighted by Gasteiger charge is 2.09. The molecule has 0 fully saturated rings. The highest BCUT2D eigenvalue weighted by molar-refractivity contribution is 6.25. The minimum atomic E-state index is -3.23. The Labute approximate surface area is 50.7 Å². The average Bonchev–Trinajstić information content (AvgIpc) is 1.65. The summed E-state index contributed by atoms with van der Waals surface area (Å²) in [5, 5.41) is 7.20. The first kappa shape index (κ1) is 10.1. The van der Waals surface area contributed by atoms with Gasteiger partial charge in [0.15, 0.2) is 17.4 Å². The maximum Gasteiger partial charge on any atom is 0.839 e.